The summed E-state index contributed by atoms with van der Waals surface area (Å²) in [6, 6.07) is -0.758. The van der Waals surface area contributed by atoms with Crippen molar-refractivity contribution in [2.45, 2.75) is 39.8 Å². The number of nitrogens with two attached hydrogens (primary N) is 2. The van der Waals surface area contributed by atoms with Gasteiger partial charge in [-0.15, -0.1) is 0 Å². The number of allylic oxidation sites excluding steroid dienone is 5. The maximum absolute atomic E-state index is 10.8. The molecule has 1 atom stereocenters. The normalized spacial score (nSPS) is 12.0. The number of likely N-dealkylation sites (N-methyl/N-ethyl adjacent to an activating group) is 1. The van der Waals surface area contributed by atoms with Crippen molar-refractivity contribution in [2.75, 3.05) is 25.6 Å². The molecule has 1 unspecified atom stereocenters. The summed E-state index contributed by atoms with van der Waals surface area (Å²) in [5, 5.41) is 19.1. The number of aliphatic carboxylic acids is 2. The Morgan fingerprint density at radius 3 is 2.42 bits per heavy atom. The number of aromatic nitrogens is 4. The number of aldehydes is 1. The second-order valence-electron chi connectivity index (χ2n) is 7.27. The maximum atomic E-state index is 10.8. The fourth-order valence-corrected chi connectivity index (χ4v) is 2.59. The summed E-state index contributed by atoms with van der Waals surface area (Å²) in [7, 11) is 3.39. The predicted molar refractivity (Wildman–Crippen MR) is 138 cm³/mol. The molecule has 0 aliphatic carbocycles. The third-order valence-electron chi connectivity index (χ3n) is 4.68. The third kappa shape index (κ3) is 10.3. The zero-order valence-corrected chi connectivity index (χ0v) is 19.8. The van der Waals surface area contributed by atoms with Gasteiger partial charge in [0.1, 0.15) is 12.3 Å². The maximum Gasteiger partial charge on any atom is 0.320 e. The van der Waals surface area contributed by atoms with E-state index in [1.54, 1.807) is 12.3 Å². The van der Waals surface area contributed by atoms with Crippen molar-refractivity contribution in [3.8, 4) is 0 Å². The van der Waals surface area contributed by atoms with Crippen LogP contribution >= 0.6 is 0 Å². The Kier molecular flexibility index (Phi) is 13.6. The first-order valence-electron chi connectivity index (χ1n) is 10.4. The summed E-state index contributed by atoms with van der Waals surface area (Å²) < 4.78 is 0. The molecule has 196 valence electrons. The summed E-state index contributed by atoms with van der Waals surface area (Å²) in [6.45, 7) is 6.01. The van der Waals surface area contributed by atoms with Crippen molar-refractivity contribution in [1.29, 1.82) is 0 Å². The van der Waals surface area contributed by atoms with Gasteiger partial charge >= 0.3 is 11.9 Å². The van der Waals surface area contributed by atoms with E-state index in [1.807, 2.05) is 24.9 Å². The number of rotatable bonds is 11. The average molecular weight is 503 g/mol. The monoisotopic (exact) mass is 502 g/mol. The lowest BCUT2D eigenvalue weighted by atomic mass is 10.1. The van der Waals surface area contributed by atoms with Gasteiger partial charge in [-0.25, -0.2) is 9.97 Å². The molecule has 0 aliphatic heterocycles. The first-order valence-corrected chi connectivity index (χ1v) is 10.4. The van der Waals surface area contributed by atoms with E-state index in [1.165, 1.54) is 13.1 Å². The van der Waals surface area contributed by atoms with E-state index in [4.69, 9.17) is 21.7 Å². The van der Waals surface area contributed by atoms with E-state index in [2.05, 4.69) is 31.8 Å². The Labute approximate surface area is 209 Å². The molecule has 2 rings (SSSR count). The molecule has 2 heterocycles. The van der Waals surface area contributed by atoms with E-state index in [0.29, 0.717) is 29.0 Å². The molecule has 0 saturated carbocycles. The number of carboxylic acid groups (broad SMARTS) is 2. The van der Waals surface area contributed by atoms with Gasteiger partial charge in [0.25, 0.3) is 0 Å². The number of carboxylic acids is 2. The number of anilines is 2. The highest BCUT2D eigenvalue weighted by atomic mass is 16.4. The van der Waals surface area contributed by atoms with E-state index < -0.39 is 18.0 Å². The van der Waals surface area contributed by atoms with Crippen molar-refractivity contribution < 1.29 is 24.6 Å². The van der Waals surface area contributed by atoms with Gasteiger partial charge in [-0.1, -0.05) is 26.2 Å². The van der Waals surface area contributed by atoms with Crippen LogP contribution < -0.4 is 16.8 Å². The van der Waals surface area contributed by atoms with Crippen LogP contribution in [-0.2, 0) is 20.9 Å². The molecule has 0 fully saturated rings. The van der Waals surface area contributed by atoms with Crippen LogP contribution in [-0.4, -0.2) is 73.4 Å². The van der Waals surface area contributed by atoms with Crippen LogP contribution in [0.5, 0.6) is 0 Å². The first-order chi connectivity index (χ1) is 16.5. The highest BCUT2D eigenvalue weighted by molar-refractivity contribution is 5.81. The number of carbonyl (C=O) groups excluding carboxylic acids is 1. The molecule has 0 bridgehead atoms. The fraction of sp³-hybridized carbons (Fsp3) is 0.348. The molecular weight excluding hydrogens is 468 g/mol. The summed E-state index contributed by atoms with van der Waals surface area (Å²) in [5.74, 6) is -1.73. The van der Waals surface area contributed by atoms with E-state index in [9.17, 15) is 14.4 Å². The average Bonchev–Trinajstić information content (AvgIpc) is 2.80. The molecule has 0 aromatic carbocycles. The minimum absolute atomic E-state index is 0. The first kappa shape index (κ1) is 31.6. The molecule has 13 nitrogen and oxygen atoms in total. The largest absolute Gasteiger partial charge is 0.481 e. The van der Waals surface area contributed by atoms with Gasteiger partial charge < -0.3 is 31.9 Å². The SMILES string of the molecule is C.C=C/C(C=O)=C\C=C(/C)N(C)Cc1cnc2nc(N)nc(N)c2n1.CNC(CCC(=O)O)C(=O)O. The summed E-state index contributed by atoms with van der Waals surface area (Å²) >= 11 is 0. The van der Waals surface area contributed by atoms with Crippen LogP contribution in [0.1, 0.15) is 32.9 Å². The Morgan fingerprint density at radius 1 is 1.22 bits per heavy atom. The Hall–Kier alpha value is -4.39. The van der Waals surface area contributed by atoms with Gasteiger partial charge in [-0.05, 0) is 26.5 Å². The van der Waals surface area contributed by atoms with Gasteiger partial charge in [0.05, 0.1) is 18.4 Å². The summed E-state index contributed by atoms with van der Waals surface area (Å²) in [4.78, 5) is 49.6. The zero-order valence-electron chi connectivity index (χ0n) is 19.8. The third-order valence-corrected chi connectivity index (χ3v) is 4.68. The smallest absolute Gasteiger partial charge is 0.320 e. The van der Waals surface area contributed by atoms with Gasteiger partial charge in [0, 0.05) is 24.7 Å². The van der Waals surface area contributed by atoms with Gasteiger partial charge in [-0.2, -0.15) is 9.97 Å². The second-order valence-corrected chi connectivity index (χ2v) is 7.27. The molecule has 2 aromatic rings. The number of hydrogen-bond acceptors (Lipinski definition) is 11. The molecule has 0 spiro atoms. The molecule has 13 heteroatoms. The number of carbonyl (C=O) groups is 3. The molecule has 36 heavy (non-hydrogen) atoms. The Bertz CT molecular complexity index is 1120. The molecule has 0 aliphatic rings. The van der Waals surface area contributed by atoms with Crippen LogP contribution in [0.25, 0.3) is 11.2 Å². The van der Waals surface area contributed by atoms with Crippen LogP contribution in [0, 0.1) is 0 Å². The standard InChI is InChI=1S/C16H19N7O.C6H11NO4.CH4/c1-4-11(9-24)6-5-10(2)23(3)8-12-7-19-15-13(20-12)14(17)21-16(18)22-15;1-7-4(6(10)11)2-3-5(8)9;/h4-7,9H,1,8H2,2-3H3,(H4,17,18,19,21,22);4,7H,2-3H2,1H3,(H,8,9)(H,10,11);1H4/b10-5+,11-6+;;. The highest BCUT2D eigenvalue weighted by Gasteiger charge is 2.15. The minimum Gasteiger partial charge on any atom is -0.481 e. The van der Waals surface area contributed by atoms with Crippen molar-refractivity contribution in [3.05, 3.63) is 48.0 Å². The number of nitrogen functional groups attached to an aromatic ring is 2. The molecule has 7 N–H and O–H groups in total. The number of nitrogens with zero attached hydrogens (tertiary/aromatic N) is 5. The highest BCUT2D eigenvalue weighted by Crippen LogP contribution is 2.16. The topological polar surface area (TPSA) is 211 Å². The predicted octanol–water partition coefficient (Wildman–Crippen LogP) is 1.39. The number of hydrogen-bond donors (Lipinski definition) is 5. The van der Waals surface area contributed by atoms with Crippen molar-refractivity contribution in [2.24, 2.45) is 0 Å². The Balaban J connectivity index is 0.000000869. The van der Waals surface area contributed by atoms with Crippen molar-refractivity contribution in [3.63, 3.8) is 0 Å². The lowest BCUT2D eigenvalue weighted by Gasteiger charge is -2.19. The zero-order chi connectivity index (χ0) is 26.5. The number of nitrogens with one attached hydrogen (secondary N) is 1. The van der Waals surface area contributed by atoms with E-state index in [-0.39, 0.29) is 32.0 Å². The summed E-state index contributed by atoms with van der Waals surface area (Å²) in [5.41, 5.74) is 14.3. The van der Waals surface area contributed by atoms with E-state index >= 15 is 0 Å². The molecule has 2 aromatic heterocycles. The lowest BCUT2D eigenvalue weighted by molar-refractivity contribution is -0.140. The quantitative estimate of drug-likeness (QED) is 0.167. The Morgan fingerprint density at radius 2 is 1.89 bits per heavy atom. The van der Waals surface area contributed by atoms with Gasteiger partial charge in [0.2, 0.25) is 5.95 Å². The van der Waals surface area contributed by atoms with Crippen LogP contribution in [0.3, 0.4) is 0 Å². The van der Waals surface area contributed by atoms with Crippen LogP contribution in [0.15, 0.2) is 42.3 Å². The minimum atomic E-state index is -1.02. The van der Waals surface area contributed by atoms with Gasteiger partial charge in [-0.3, -0.25) is 14.4 Å². The summed E-state index contributed by atoms with van der Waals surface area (Å²) in [6.07, 6.45) is 7.39. The fourth-order valence-electron chi connectivity index (χ4n) is 2.59. The van der Waals surface area contributed by atoms with Crippen molar-refractivity contribution in [1.82, 2.24) is 30.2 Å². The molecular formula is C23H34N8O5. The molecule has 0 amide bonds. The second kappa shape index (κ2) is 15.5. The van der Waals surface area contributed by atoms with Gasteiger partial charge in [0.15, 0.2) is 17.0 Å². The molecule has 0 saturated heterocycles. The van der Waals surface area contributed by atoms with Crippen LogP contribution in [0.4, 0.5) is 11.8 Å². The van der Waals surface area contributed by atoms with Crippen LogP contribution in [0.2, 0.25) is 0 Å². The van der Waals surface area contributed by atoms with E-state index in [0.717, 1.165) is 12.0 Å². The molecule has 0 radical (unpaired) electrons. The lowest BCUT2D eigenvalue weighted by Crippen LogP contribution is -2.34. The number of fused-ring (bicyclic) bond motifs is 1. The van der Waals surface area contributed by atoms with Crippen molar-refractivity contribution >= 4 is 41.2 Å².